The Morgan fingerprint density at radius 2 is 1.92 bits per heavy atom. The number of aromatic nitrogens is 1. The molecule has 1 N–H and O–H groups in total. The zero-order valence-electron chi connectivity index (χ0n) is 14.6. The van der Waals surface area contributed by atoms with E-state index in [-0.39, 0.29) is 0 Å². The summed E-state index contributed by atoms with van der Waals surface area (Å²) in [7, 11) is 0. The summed E-state index contributed by atoms with van der Waals surface area (Å²) in [6.07, 6.45) is 13.8. The molecule has 0 aromatic carbocycles. The summed E-state index contributed by atoms with van der Waals surface area (Å²) >= 11 is 0. The summed E-state index contributed by atoms with van der Waals surface area (Å²) in [4.78, 5) is 4.50. The van der Waals surface area contributed by atoms with Gasteiger partial charge in [-0.15, -0.1) is 0 Å². The molecule has 2 saturated carbocycles. The lowest BCUT2D eigenvalue weighted by Crippen LogP contribution is -2.50. The lowest BCUT2D eigenvalue weighted by molar-refractivity contribution is -0.0454. The van der Waals surface area contributed by atoms with Crippen molar-refractivity contribution in [3.05, 3.63) is 23.9 Å². The molecule has 1 spiro atoms. The van der Waals surface area contributed by atoms with Crippen molar-refractivity contribution >= 4 is 0 Å². The third-order valence-electron chi connectivity index (χ3n) is 6.14. The maximum absolute atomic E-state index is 6.00. The van der Waals surface area contributed by atoms with Gasteiger partial charge in [-0.25, -0.2) is 4.98 Å². The molecule has 1 aromatic rings. The fraction of sp³-hybridized carbons (Fsp3) is 0.750. The molecule has 1 saturated heterocycles. The van der Waals surface area contributed by atoms with Gasteiger partial charge < -0.3 is 14.8 Å². The molecular weight excluding hydrogens is 300 g/mol. The molecule has 3 aliphatic rings. The molecule has 0 unspecified atom stereocenters. The number of pyridine rings is 1. The minimum absolute atomic E-state index is 0.376. The number of rotatable bonds is 5. The number of nitrogens with zero attached hydrogens (tertiary/aromatic N) is 1. The Morgan fingerprint density at radius 1 is 1.12 bits per heavy atom. The van der Waals surface area contributed by atoms with Crippen LogP contribution in [0.1, 0.15) is 63.4 Å². The van der Waals surface area contributed by atoms with Crippen LogP contribution in [0.5, 0.6) is 5.88 Å². The molecule has 132 valence electrons. The molecule has 4 rings (SSSR count). The highest BCUT2D eigenvalue weighted by atomic mass is 16.5. The van der Waals surface area contributed by atoms with Gasteiger partial charge in [0.2, 0.25) is 5.88 Å². The molecule has 0 atom stereocenters. The van der Waals surface area contributed by atoms with Crippen LogP contribution in [0.4, 0.5) is 0 Å². The topological polar surface area (TPSA) is 43.4 Å². The standard InChI is InChI=1S/C20H30N2O2/c1-2-4-18(5-3-1)24-19-7-6-16(15-22-19)14-21-17-12-20(13-17)8-10-23-11-9-20/h6-7,15,17-18,21H,1-5,8-14H2. The Labute approximate surface area is 145 Å². The zero-order chi connectivity index (χ0) is 16.2. The average Bonchev–Trinajstić information content (AvgIpc) is 2.61. The predicted molar refractivity (Wildman–Crippen MR) is 94.1 cm³/mol. The van der Waals surface area contributed by atoms with E-state index in [4.69, 9.17) is 9.47 Å². The van der Waals surface area contributed by atoms with Crippen molar-refractivity contribution in [2.45, 2.75) is 76.5 Å². The Hall–Kier alpha value is -1.13. The molecule has 0 radical (unpaired) electrons. The van der Waals surface area contributed by atoms with Gasteiger partial charge in [-0.2, -0.15) is 0 Å². The van der Waals surface area contributed by atoms with Crippen LogP contribution in [0.2, 0.25) is 0 Å². The van der Waals surface area contributed by atoms with Gasteiger partial charge in [0.25, 0.3) is 0 Å². The summed E-state index contributed by atoms with van der Waals surface area (Å²) in [5, 5.41) is 3.69. The number of nitrogens with one attached hydrogen (secondary N) is 1. The molecule has 4 heteroatoms. The van der Waals surface area contributed by atoms with E-state index in [0.717, 1.165) is 25.6 Å². The third kappa shape index (κ3) is 3.92. The van der Waals surface area contributed by atoms with Crippen LogP contribution in [0, 0.1) is 5.41 Å². The summed E-state index contributed by atoms with van der Waals surface area (Å²) in [5.74, 6) is 0.787. The minimum Gasteiger partial charge on any atom is -0.474 e. The summed E-state index contributed by atoms with van der Waals surface area (Å²) in [5.41, 5.74) is 1.84. The average molecular weight is 330 g/mol. The number of hydrogen-bond donors (Lipinski definition) is 1. The first-order chi connectivity index (χ1) is 11.8. The second-order valence-corrected chi connectivity index (χ2v) is 7.98. The Kier molecular flexibility index (Phi) is 5.04. The first kappa shape index (κ1) is 16.3. The van der Waals surface area contributed by atoms with Gasteiger partial charge in [0, 0.05) is 38.1 Å². The normalized spacial score (nSPS) is 24.7. The Bertz CT molecular complexity index is 511. The molecule has 4 nitrogen and oxygen atoms in total. The van der Waals surface area contributed by atoms with E-state index in [2.05, 4.69) is 16.4 Å². The molecule has 2 heterocycles. The number of hydrogen-bond acceptors (Lipinski definition) is 4. The first-order valence-corrected chi connectivity index (χ1v) is 9.74. The highest BCUT2D eigenvalue weighted by molar-refractivity contribution is 5.18. The smallest absolute Gasteiger partial charge is 0.213 e. The van der Waals surface area contributed by atoms with Gasteiger partial charge in [-0.05, 0) is 62.3 Å². The van der Waals surface area contributed by atoms with Crippen LogP contribution < -0.4 is 10.1 Å². The minimum atomic E-state index is 0.376. The van der Waals surface area contributed by atoms with E-state index < -0.39 is 0 Å². The molecule has 1 aromatic heterocycles. The van der Waals surface area contributed by atoms with E-state index in [1.165, 1.54) is 63.4 Å². The van der Waals surface area contributed by atoms with E-state index in [1.807, 2.05) is 12.3 Å². The van der Waals surface area contributed by atoms with Gasteiger partial charge in [0.1, 0.15) is 6.10 Å². The quantitative estimate of drug-likeness (QED) is 0.891. The Morgan fingerprint density at radius 3 is 2.62 bits per heavy atom. The molecule has 3 fully saturated rings. The van der Waals surface area contributed by atoms with Crippen LogP contribution in [-0.2, 0) is 11.3 Å². The molecule has 2 aliphatic carbocycles. The molecule has 24 heavy (non-hydrogen) atoms. The van der Waals surface area contributed by atoms with Crippen molar-refractivity contribution in [2.75, 3.05) is 13.2 Å². The summed E-state index contributed by atoms with van der Waals surface area (Å²) < 4.78 is 11.5. The third-order valence-corrected chi connectivity index (χ3v) is 6.14. The molecular formula is C20H30N2O2. The lowest BCUT2D eigenvalue weighted by atomic mass is 9.61. The monoisotopic (exact) mass is 330 g/mol. The van der Waals surface area contributed by atoms with E-state index in [9.17, 15) is 0 Å². The fourth-order valence-corrected chi connectivity index (χ4v) is 4.54. The van der Waals surface area contributed by atoms with Gasteiger partial charge in [0.15, 0.2) is 0 Å². The largest absolute Gasteiger partial charge is 0.474 e. The van der Waals surface area contributed by atoms with Crippen molar-refractivity contribution in [1.29, 1.82) is 0 Å². The van der Waals surface area contributed by atoms with Gasteiger partial charge in [-0.3, -0.25) is 0 Å². The fourth-order valence-electron chi connectivity index (χ4n) is 4.54. The molecule has 0 bridgehead atoms. The zero-order valence-corrected chi connectivity index (χ0v) is 14.6. The molecule has 0 amide bonds. The second kappa shape index (κ2) is 7.40. The van der Waals surface area contributed by atoms with E-state index in [0.29, 0.717) is 17.6 Å². The van der Waals surface area contributed by atoms with Crippen molar-refractivity contribution in [3.63, 3.8) is 0 Å². The maximum atomic E-state index is 6.00. The number of ether oxygens (including phenoxy) is 2. The SMILES string of the molecule is c1cc(OC2CCCCC2)ncc1CNC1CC2(CCOCC2)C1. The Balaban J connectivity index is 1.20. The van der Waals surface area contributed by atoms with E-state index >= 15 is 0 Å². The summed E-state index contributed by atoms with van der Waals surface area (Å²) in [6, 6.07) is 4.86. The van der Waals surface area contributed by atoms with Crippen molar-refractivity contribution in [1.82, 2.24) is 10.3 Å². The van der Waals surface area contributed by atoms with Crippen molar-refractivity contribution < 1.29 is 9.47 Å². The van der Waals surface area contributed by atoms with Crippen LogP contribution in [0.25, 0.3) is 0 Å². The second-order valence-electron chi connectivity index (χ2n) is 7.98. The summed E-state index contributed by atoms with van der Waals surface area (Å²) in [6.45, 7) is 2.83. The van der Waals surface area contributed by atoms with Gasteiger partial charge >= 0.3 is 0 Å². The van der Waals surface area contributed by atoms with Crippen LogP contribution in [-0.4, -0.2) is 30.3 Å². The first-order valence-electron chi connectivity index (χ1n) is 9.74. The highest BCUT2D eigenvalue weighted by Gasteiger charge is 2.44. The molecule has 1 aliphatic heterocycles. The van der Waals surface area contributed by atoms with Crippen LogP contribution in [0.3, 0.4) is 0 Å². The van der Waals surface area contributed by atoms with Crippen LogP contribution in [0.15, 0.2) is 18.3 Å². The highest BCUT2D eigenvalue weighted by Crippen LogP contribution is 2.48. The van der Waals surface area contributed by atoms with Gasteiger partial charge in [-0.1, -0.05) is 12.5 Å². The van der Waals surface area contributed by atoms with E-state index in [1.54, 1.807) is 0 Å². The predicted octanol–water partition coefficient (Wildman–Crippen LogP) is 3.84. The van der Waals surface area contributed by atoms with Crippen molar-refractivity contribution in [2.24, 2.45) is 5.41 Å². The van der Waals surface area contributed by atoms with Gasteiger partial charge in [0.05, 0.1) is 0 Å². The van der Waals surface area contributed by atoms with Crippen molar-refractivity contribution in [3.8, 4) is 5.88 Å². The van der Waals surface area contributed by atoms with Crippen LogP contribution >= 0.6 is 0 Å². The lowest BCUT2D eigenvalue weighted by Gasteiger charge is -2.50. The maximum Gasteiger partial charge on any atom is 0.213 e.